The molecule has 0 saturated heterocycles. The van der Waals surface area contributed by atoms with Crippen LogP contribution in [0, 0.1) is 0 Å². The second kappa shape index (κ2) is 2.98. The first-order valence-electron chi connectivity index (χ1n) is 3.03. The van der Waals surface area contributed by atoms with E-state index in [4.69, 9.17) is 5.11 Å². The van der Waals surface area contributed by atoms with Crippen LogP contribution in [-0.4, -0.2) is 26.0 Å². The Hall–Kier alpha value is -1.30. The molecule has 6 heteroatoms. The molecule has 0 aromatic carbocycles. The maximum Gasteiger partial charge on any atom is 0.356 e. The SMILES string of the molecule is Cn1nc(C(=O)O)cc1C(=O)S. The Labute approximate surface area is 73.4 Å². The van der Waals surface area contributed by atoms with E-state index in [0.717, 1.165) is 0 Å². The van der Waals surface area contributed by atoms with E-state index >= 15 is 0 Å². The van der Waals surface area contributed by atoms with Crippen LogP contribution in [-0.2, 0) is 7.05 Å². The van der Waals surface area contributed by atoms with Crippen molar-refractivity contribution in [1.82, 2.24) is 9.78 Å². The van der Waals surface area contributed by atoms with Crippen molar-refractivity contribution < 1.29 is 14.7 Å². The summed E-state index contributed by atoms with van der Waals surface area (Å²) in [5, 5.41) is 11.6. The Morgan fingerprint density at radius 3 is 2.50 bits per heavy atom. The van der Waals surface area contributed by atoms with Crippen molar-refractivity contribution in [2.75, 3.05) is 0 Å². The smallest absolute Gasteiger partial charge is 0.356 e. The van der Waals surface area contributed by atoms with Gasteiger partial charge in [0.15, 0.2) is 5.69 Å². The summed E-state index contributed by atoms with van der Waals surface area (Å²) >= 11 is 3.55. The molecular weight excluding hydrogens is 180 g/mol. The third-order valence-electron chi connectivity index (χ3n) is 1.32. The topological polar surface area (TPSA) is 72.2 Å². The van der Waals surface area contributed by atoms with Gasteiger partial charge in [-0.2, -0.15) is 5.10 Å². The van der Waals surface area contributed by atoms with Crippen molar-refractivity contribution in [3.63, 3.8) is 0 Å². The van der Waals surface area contributed by atoms with Gasteiger partial charge in [0.25, 0.3) is 0 Å². The number of hydrogen-bond donors (Lipinski definition) is 2. The number of carboxylic acids is 1. The molecule has 1 heterocycles. The molecule has 0 spiro atoms. The molecule has 1 aromatic heterocycles. The van der Waals surface area contributed by atoms with Gasteiger partial charge in [0, 0.05) is 13.1 Å². The van der Waals surface area contributed by atoms with Crippen molar-refractivity contribution in [3.8, 4) is 0 Å². The zero-order valence-corrected chi connectivity index (χ0v) is 7.08. The number of carboxylic acid groups (broad SMARTS) is 1. The molecule has 0 aliphatic heterocycles. The molecule has 0 fully saturated rings. The van der Waals surface area contributed by atoms with Gasteiger partial charge < -0.3 is 5.11 Å². The minimum atomic E-state index is -1.16. The first-order chi connectivity index (χ1) is 5.52. The van der Waals surface area contributed by atoms with Gasteiger partial charge in [-0.15, -0.1) is 0 Å². The zero-order chi connectivity index (χ0) is 9.30. The minimum Gasteiger partial charge on any atom is -0.476 e. The lowest BCUT2D eigenvalue weighted by Gasteiger charge is -1.91. The Morgan fingerprint density at radius 2 is 2.25 bits per heavy atom. The number of carbonyl (C=O) groups is 2. The van der Waals surface area contributed by atoms with E-state index in [2.05, 4.69) is 17.7 Å². The number of nitrogens with zero attached hydrogens (tertiary/aromatic N) is 2. The van der Waals surface area contributed by atoms with Crippen molar-refractivity contribution in [1.29, 1.82) is 0 Å². The van der Waals surface area contributed by atoms with Crippen LogP contribution in [0.15, 0.2) is 6.07 Å². The molecule has 5 nitrogen and oxygen atoms in total. The van der Waals surface area contributed by atoms with E-state index in [0.29, 0.717) is 0 Å². The van der Waals surface area contributed by atoms with Crippen LogP contribution in [0.4, 0.5) is 0 Å². The van der Waals surface area contributed by atoms with Crippen LogP contribution >= 0.6 is 12.6 Å². The Morgan fingerprint density at radius 1 is 1.67 bits per heavy atom. The highest BCUT2D eigenvalue weighted by molar-refractivity contribution is 7.97. The Bertz CT molecular complexity index is 345. The average molecular weight is 186 g/mol. The number of aromatic carboxylic acids is 1. The summed E-state index contributed by atoms with van der Waals surface area (Å²) in [5.74, 6) is -1.16. The molecule has 0 saturated carbocycles. The fourth-order valence-corrected chi connectivity index (χ4v) is 0.981. The second-order valence-corrected chi connectivity index (χ2v) is 2.55. The molecule has 1 aromatic rings. The summed E-state index contributed by atoms with van der Waals surface area (Å²) in [7, 11) is 1.48. The summed E-state index contributed by atoms with van der Waals surface area (Å²) < 4.78 is 1.18. The van der Waals surface area contributed by atoms with Gasteiger partial charge in [-0.05, 0) is 0 Å². The Kier molecular flexibility index (Phi) is 2.18. The van der Waals surface area contributed by atoms with Crippen LogP contribution in [0.3, 0.4) is 0 Å². The summed E-state index contributed by atoms with van der Waals surface area (Å²) in [6, 6.07) is 1.18. The van der Waals surface area contributed by atoms with Crippen molar-refractivity contribution in [3.05, 3.63) is 17.5 Å². The first-order valence-corrected chi connectivity index (χ1v) is 3.47. The molecule has 0 bridgehead atoms. The van der Waals surface area contributed by atoms with Crippen LogP contribution in [0.1, 0.15) is 21.0 Å². The van der Waals surface area contributed by atoms with E-state index in [1.165, 1.54) is 17.8 Å². The van der Waals surface area contributed by atoms with Gasteiger partial charge in [-0.1, -0.05) is 12.6 Å². The van der Waals surface area contributed by atoms with Gasteiger partial charge >= 0.3 is 5.97 Å². The highest BCUT2D eigenvalue weighted by Gasteiger charge is 2.13. The van der Waals surface area contributed by atoms with Gasteiger partial charge in [0.1, 0.15) is 5.69 Å². The summed E-state index contributed by atoms with van der Waals surface area (Å²) in [6.45, 7) is 0. The highest BCUT2D eigenvalue weighted by atomic mass is 32.1. The lowest BCUT2D eigenvalue weighted by Crippen LogP contribution is -2.01. The lowest BCUT2D eigenvalue weighted by atomic mass is 10.4. The predicted molar refractivity (Wildman–Crippen MR) is 43.5 cm³/mol. The van der Waals surface area contributed by atoms with Crippen molar-refractivity contribution in [2.24, 2.45) is 7.05 Å². The maximum atomic E-state index is 10.7. The molecule has 0 unspecified atom stereocenters. The first kappa shape index (κ1) is 8.79. The van der Waals surface area contributed by atoms with E-state index in [-0.39, 0.29) is 11.4 Å². The monoisotopic (exact) mass is 186 g/mol. The molecule has 1 rings (SSSR count). The van der Waals surface area contributed by atoms with Crippen LogP contribution < -0.4 is 0 Å². The molecule has 0 aliphatic carbocycles. The van der Waals surface area contributed by atoms with Gasteiger partial charge in [-0.25, -0.2) is 4.79 Å². The molecule has 12 heavy (non-hydrogen) atoms. The van der Waals surface area contributed by atoms with Gasteiger partial charge in [0.05, 0.1) is 0 Å². The minimum absolute atomic E-state index is 0.157. The molecule has 0 radical (unpaired) electrons. The number of rotatable bonds is 2. The molecule has 64 valence electrons. The van der Waals surface area contributed by atoms with Crippen LogP contribution in [0.5, 0.6) is 0 Å². The summed E-state index contributed by atoms with van der Waals surface area (Å²) in [6.07, 6.45) is 0. The van der Waals surface area contributed by atoms with E-state index in [1.54, 1.807) is 0 Å². The number of thiol groups is 1. The van der Waals surface area contributed by atoms with E-state index < -0.39 is 11.1 Å². The molecule has 0 atom stereocenters. The number of carbonyl (C=O) groups excluding carboxylic acids is 1. The Balaban J connectivity index is 3.17. The van der Waals surface area contributed by atoms with Crippen LogP contribution in [0.2, 0.25) is 0 Å². The third kappa shape index (κ3) is 1.48. The molecule has 1 N–H and O–H groups in total. The molecule has 0 aliphatic rings. The molecule has 0 amide bonds. The quantitative estimate of drug-likeness (QED) is 0.646. The normalized spacial score (nSPS) is 9.83. The van der Waals surface area contributed by atoms with Crippen LogP contribution in [0.25, 0.3) is 0 Å². The summed E-state index contributed by atoms with van der Waals surface area (Å²) in [5.41, 5.74) is 0.00522. The second-order valence-electron chi connectivity index (χ2n) is 2.15. The highest BCUT2D eigenvalue weighted by Crippen LogP contribution is 2.05. The van der Waals surface area contributed by atoms with Crippen molar-refractivity contribution in [2.45, 2.75) is 0 Å². The largest absolute Gasteiger partial charge is 0.476 e. The van der Waals surface area contributed by atoms with Gasteiger partial charge in [-0.3, -0.25) is 9.48 Å². The zero-order valence-electron chi connectivity index (χ0n) is 6.18. The average Bonchev–Trinajstić information content (AvgIpc) is 2.30. The summed E-state index contributed by atoms with van der Waals surface area (Å²) in [4.78, 5) is 21.1. The fraction of sp³-hybridized carbons (Fsp3) is 0.167. The number of aromatic nitrogens is 2. The standard InChI is InChI=1S/C6H6N2O3S/c1-8-4(6(11)12)2-3(7-8)5(9)10/h2H,1H3,(H,9,10)(H,11,12). The fourth-order valence-electron chi connectivity index (χ4n) is 0.772. The number of aryl methyl sites for hydroxylation is 1. The van der Waals surface area contributed by atoms with Crippen molar-refractivity contribution >= 4 is 23.7 Å². The van der Waals surface area contributed by atoms with E-state index in [9.17, 15) is 9.59 Å². The maximum absolute atomic E-state index is 10.7. The number of hydrogen-bond acceptors (Lipinski definition) is 3. The van der Waals surface area contributed by atoms with Gasteiger partial charge in [0.2, 0.25) is 5.12 Å². The third-order valence-corrected chi connectivity index (χ3v) is 1.55. The molecular formula is C6H6N2O3S. The lowest BCUT2D eigenvalue weighted by molar-refractivity contribution is 0.0689. The van der Waals surface area contributed by atoms with E-state index in [1.807, 2.05) is 0 Å². The predicted octanol–water partition coefficient (Wildman–Crippen LogP) is 0.188.